The maximum atomic E-state index is 13.8. The predicted molar refractivity (Wildman–Crippen MR) is 112 cm³/mol. The minimum Gasteiger partial charge on any atom is -0.489 e. The first-order valence-corrected chi connectivity index (χ1v) is 9.15. The van der Waals surface area contributed by atoms with Gasteiger partial charge in [-0.25, -0.2) is 9.37 Å². The van der Waals surface area contributed by atoms with Crippen LogP contribution in [0.3, 0.4) is 0 Å². The summed E-state index contributed by atoms with van der Waals surface area (Å²) in [6.45, 7) is 0.518. The SMILES string of the molecule is Fc1ccccc1Nc1nccc(Nc2ccc(OCc3ccccc3)cc2)n1. The summed E-state index contributed by atoms with van der Waals surface area (Å²) in [6, 6.07) is 25.7. The van der Waals surface area contributed by atoms with Crippen LogP contribution < -0.4 is 15.4 Å². The maximum absolute atomic E-state index is 13.8. The Labute approximate surface area is 168 Å². The Morgan fingerprint density at radius 2 is 1.55 bits per heavy atom. The van der Waals surface area contributed by atoms with Gasteiger partial charge in [-0.05, 0) is 48.0 Å². The largest absolute Gasteiger partial charge is 0.489 e. The molecule has 0 fully saturated rings. The average molecular weight is 386 g/mol. The van der Waals surface area contributed by atoms with Crippen molar-refractivity contribution < 1.29 is 9.13 Å². The molecule has 4 aromatic rings. The van der Waals surface area contributed by atoms with Gasteiger partial charge in [0.25, 0.3) is 0 Å². The summed E-state index contributed by atoms with van der Waals surface area (Å²) in [7, 11) is 0. The monoisotopic (exact) mass is 386 g/mol. The lowest BCUT2D eigenvalue weighted by atomic mass is 10.2. The smallest absolute Gasteiger partial charge is 0.229 e. The third-order valence-electron chi connectivity index (χ3n) is 4.15. The zero-order valence-electron chi connectivity index (χ0n) is 15.5. The molecule has 2 N–H and O–H groups in total. The lowest BCUT2D eigenvalue weighted by molar-refractivity contribution is 0.306. The third-order valence-corrected chi connectivity index (χ3v) is 4.15. The predicted octanol–water partition coefficient (Wildman–Crippen LogP) is 5.68. The van der Waals surface area contributed by atoms with E-state index < -0.39 is 0 Å². The number of ether oxygens (including phenoxy) is 1. The molecule has 0 unspecified atom stereocenters. The van der Waals surface area contributed by atoms with Gasteiger partial charge in [-0.1, -0.05) is 42.5 Å². The van der Waals surface area contributed by atoms with E-state index >= 15 is 0 Å². The normalized spacial score (nSPS) is 10.4. The lowest BCUT2D eigenvalue weighted by Gasteiger charge is -2.10. The van der Waals surface area contributed by atoms with Crippen molar-refractivity contribution in [1.82, 2.24) is 9.97 Å². The van der Waals surface area contributed by atoms with Gasteiger partial charge in [0.1, 0.15) is 24.0 Å². The fraction of sp³-hybridized carbons (Fsp3) is 0.0435. The van der Waals surface area contributed by atoms with Crippen molar-refractivity contribution in [2.45, 2.75) is 6.61 Å². The van der Waals surface area contributed by atoms with E-state index in [1.807, 2.05) is 54.6 Å². The number of benzene rings is 3. The second-order valence-electron chi connectivity index (χ2n) is 6.29. The first-order valence-electron chi connectivity index (χ1n) is 9.15. The van der Waals surface area contributed by atoms with Gasteiger partial charge in [-0.3, -0.25) is 0 Å². The number of halogens is 1. The average Bonchev–Trinajstić information content (AvgIpc) is 2.76. The number of nitrogens with zero attached hydrogens (tertiary/aromatic N) is 2. The van der Waals surface area contributed by atoms with Gasteiger partial charge in [0.15, 0.2) is 0 Å². The Morgan fingerprint density at radius 3 is 2.34 bits per heavy atom. The molecule has 0 aliphatic heterocycles. The van der Waals surface area contributed by atoms with Crippen molar-refractivity contribution in [2.75, 3.05) is 10.6 Å². The molecule has 144 valence electrons. The molecule has 0 amide bonds. The van der Waals surface area contributed by atoms with Gasteiger partial charge in [0.2, 0.25) is 5.95 Å². The van der Waals surface area contributed by atoms with E-state index in [0.717, 1.165) is 17.0 Å². The summed E-state index contributed by atoms with van der Waals surface area (Å²) in [5.41, 5.74) is 2.29. The van der Waals surface area contributed by atoms with Crippen molar-refractivity contribution in [3.63, 3.8) is 0 Å². The molecule has 0 radical (unpaired) electrons. The summed E-state index contributed by atoms with van der Waals surface area (Å²) in [5.74, 6) is 1.32. The van der Waals surface area contributed by atoms with Crippen molar-refractivity contribution in [2.24, 2.45) is 0 Å². The Bertz CT molecular complexity index is 1070. The van der Waals surface area contributed by atoms with Crippen LogP contribution in [0.25, 0.3) is 0 Å². The lowest BCUT2D eigenvalue weighted by Crippen LogP contribution is -2.01. The molecule has 0 atom stereocenters. The number of hydrogen-bond acceptors (Lipinski definition) is 5. The maximum Gasteiger partial charge on any atom is 0.229 e. The third kappa shape index (κ3) is 5.07. The number of rotatable bonds is 7. The summed E-state index contributed by atoms with van der Waals surface area (Å²) in [4.78, 5) is 8.51. The highest BCUT2D eigenvalue weighted by atomic mass is 19.1. The van der Waals surface area contributed by atoms with Gasteiger partial charge >= 0.3 is 0 Å². The number of anilines is 4. The zero-order valence-corrected chi connectivity index (χ0v) is 15.5. The quantitative estimate of drug-likeness (QED) is 0.428. The van der Waals surface area contributed by atoms with Gasteiger partial charge in [0.05, 0.1) is 5.69 Å². The van der Waals surface area contributed by atoms with Crippen molar-refractivity contribution in [3.05, 3.63) is 103 Å². The van der Waals surface area contributed by atoms with Crippen LogP contribution in [0.4, 0.5) is 27.5 Å². The number of nitrogens with one attached hydrogen (secondary N) is 2. The molecular formula is C23H19FN4O. The first kappa shape index (κ1) is 18.4. The molecule has 0 bridgehead atoms. The highest BCUT2D eigenvalue weighted by Crippen LogP contribution is 2.21. The zero-order chi connectivity index (χ0) is 19.9. The van der Waals surface area contributed by atoms with Crippen LogP contribution in [0, 0.1) is 5.82 Å². The topological polar surface area (TPSA) is 59.1 Å². The summed E-state index contributed by atoms with van der Waals surface area (Å²) < 4.78 is 19.6. The van der Waals surface area contributed by atoms with Crippen LogP contribution in [0.1, 0.15) is 5.56 Å². The van der Waals surface area contributed by atoms with E-state index in [2.05, 4.69) is 20.6 Å². The van der Waals surface area contributed by atoms with Crippen LogP contribution >= 0.6 is 0 Å². The first-order chi connectivity index (χ1) is 14.3. The molecule has 0 aliphatic carbocycles. The molecule has 5 nitrogen and oxygen atoms in total. The van der Waals surface area contributed by atoms with Crippen LogP contribution in [0.2, 0.25) is 0 Å². The molecule has 4 rings (SSSR count). The van der Waals surface area contributed by atoms with Crippen molar-refractivity contribution in [3.8, 4) is 5.75 Å². The number of hydrogen-bond donors (Lipinski definition) is 2. The van der Waals surface area contributed by atoms with Crippen molar-refractivity contribution in [1.29, 1.82) is 0 Å². The van der Waals surface area contributed by atoms with Crippen LogP contribution in [0.5, 0.6) is 5.75 Å². The fourth-order valence-electron chi connectivity index (χ4n) is 2.69. The molecular weight excluding hydrogens is 367 g/mol. The summed E-state index contributed by atoms with van der Waals surface area (Å²) in [5, 5.41) is 6.09. The van der Waals surface area contributed by atoms with E-state index in [-0.39, 0.29) is 5.82 Å². The molecule has 0 saturated heterocycles. The minimum atomic E-state index is -0.361. The van der Waals surface area contributed by atoms with E-state index in [1.54, 1.807) is 30.5 Å². The van der Waals surface area contributed by atoms with E-state index in [0.29, 0.717) is 24.1 Å². The minimum absolute atomic E-state index is 0.308. The Hall–Kier alpha value is -3.93. The molecule has 0 aliphatic rings. The Morgan fingerprint density at radius 1 is 0.793 bits per heavy atom. The van der Waals surface area contributed by atoms with Crippen LogP contribution in [-0.4, -0.2) is 9.97 Å². The highest BCUT2D eigenvalue weighted by Gasteiger charge is 2.05. The van der Waals surface area contributed by atoms with E-state index in [1.165, 1.54) is 6.07 Å². The molecule has 29 heavy (non-hydrogen) atoms. The molecule has 1 heterocycles. The van der Waals surface area contributed by atoms with Gasteiger partial charge in [-0.2, -0.15) is 4.98 Å². The van der Waals surface area contributed by atoms with Gasteiger partial charge < -0.3 is 15.4 Å². The molecule has 3 aromatic carbocycles. The molecule has 1 aromatic heterocycles. The molecule has 0 saturated carbocycles. The molecule has 6 heteroatoms. The second-order valence-corrected chi connectivity index (χ2v) is 6.29. The highest BCUT2D eigenvalue weighted by molar-refractivity contribution is 5.60. The van der Waals surface area contributed by atoms with Crippen molar-refractivity contribution >= 4 is 23.1 Å². The van der Waals surface area contributed by atoms with Crippen LogP contribution in [0.15, 0.2) is 91.1 Å². The summed E-state index contributed by atoms with van der Waals surface area (Å²) in [6.07, 6.45) is 1.61. The van der Waals surface area contributed by atoms with E-state index in [4.69, 9.17) is 4.74 Å². The van der Waals surface area contributed by atoms with Crippen LogP contribution in [-0.2, 0) is 6.61 Å². The second kappa shape index (κ2) is 8.84. The fourth-order valence-corrected chi connectivity index (χ4v) is 2.69. The van der Waals surface area contributed by atoms with E-state index in [9.17, 15) is 4.39 Å². The standard InChI is InChI=1S/C23H19FN4O/c24-20-8-4-5-9-21(20)27-23-25-15-14-22(28-23)26-18-10-12-19(13-11-18)29-16-17-6-2-1-3-7-17/h1-15H,16H2,(H2,25,26,27,28). The number of para-hydroxylation sites is 1. The molecule has 0 spiro atoms. The Balaban J connectivity index is 1.38. The Kier molecular flexibility index (Phi) is 5.62. The summed E-state index contributed by atoms with van der Waals surface area (Å²) >= 11 is 0. The van der Waals surface area contributed by atoms with Gasteiger partial charge in [0, 0.05) is 11.9 Å². The number of aromatic nitrogens is 2. The van der Waals surface area contributed by atoms with Gasteiger partial charge in [-0.15, -0.1) is 0 Å².